The molecule has 0 spiro atoms. The number of Topliss-reactive ketones (excluding diaryl/α,β-unsaturated/α-hetero) is 1. The van der Waals surface area contributed by atoms with Crippen molar-refractivity contribution >= 4 is 50.0 Å². The van der Waals surface area contributed by atoms with Crippen LogP contribution in [0.2, 0.25) is 0 Å². The normalized spacial score (nSPS) is 10.7. The molecule has 0 saturated carbocycles. The Hall–Kier alpha value is -3.06. The fourth-order valence-corrected chi connectivity index (χ4v) is 3.65. The lowest BCUT2D eigenvalue weighted by Gasteiger charge is -2.05. The highest BCUT2D eigenvalue weighted by Crippen LogP contribution is 2.28. The van der Waals surface area contributed by atoms with Crippen LogP contribution in [0.3, 0.4) is 0 Å². The number of benzene rings is 2. The summed E-state index contributed by atoms with van der Waals surface area (Å²) in [6.07, 6.45) is 0.241. The predicted molar refractivity (Wildman–Crippen MR) is 112 cm³/mol. The van der Waals surface area contributed by atoms with Crippen molar-refractivity contribution in [2.45, 2.75) is 33.6 Å². The number of thiazole rings is 1. The van der Waals surface area contributed by atoms with Crippen LogP contribution in [0.1, 0.15) is 41.3 Å². The predicted octanol–water partition coefficient (Wildman–Crippen LogP) is 4.47. The first-order valence-electron chi connectivity index (χ1n) is 8.90. The molecule has 0 unspecified atom stereocenters. The lowest BCUT2D eigenvalue weighted by molar-refractivity contribution is -0.116. The molecule has 0 bridgehead atoms. The standard InChI is InChI=1S/C21H21N3O3S/c1-12-4-5-15(10-13(12)2)18(26)8-9-20(27)24-21-23-17-7-6-16(22-14(3)25)11-19(17)28-21/h4-7,10-11H,8-9H2,1-3H3,(H,22,25)(H,23,24,27). The van der Waals surface area contributed by atoms with Gasteiger partial charge < -0.3 is 10.6 Å². The Labute approximate surface area is 167 Å². The number of carbonyl (C=O) groups is 3. The molecule has 0 fully saturated rings. The molecule has 0 saturated heterocycles. The van der Waals surface area contributed by atoms with E-state index in [1.54, 1.807) is 18.2 Å². The Kier molecular flexibility index (Phi) is 5.84. The van der Waals surface area contributed by atoms with Gasteiger partial charge in [0.1, 0.15) is 0 Å². The Morgan fingerprint density at radius 1 is 0.964 bits per heavy atom. The number of carbonyl (C=O) groups excluding carboxylic acids is 3. The van der Waals surface area contributed by atoms with E-state index in [0.717, 1.165) is 21.3 Å². The molecule has 0 radical (unpaired) electrons. The number of aromatic nitrogens is 1. The second-order valence-corrected chi connectivity index (χ2v) is 7.68. The summed E-state index contributed by atoms with van der Waals surface area (Å²) in [7, 11) is 0. The Morgan fingerprint density at radius 3 is 2.46 bits per heavy atom. The van der Waals surface area contributed by atoms with E-state index >= 15 is 0 Å². The average molecular weight is 395 g/mol. The highest BCUT2D eigenvalue weighted by molar-refractivity contribution is 7.22. The Morgan fingerprint density at radius 2 is 1.75 bits per heavy atom. The van der Waals surface area contributed by atoms with Gasteiger partial charge in [-0.05, 0) is 49.2 Å². The summed E-state index contributed by atoms with van der Waals surface area (Å²) in [6, 6.07) is 10.9. The number of hydrogen-bond acceptors (Lipinski definition) is 5. The first-order chi connectivity index (χ1) is 13.3. The van der Waals surface area contributed by atoms with Crippen LogP contribution in [-0.4, -0.2) is 22.6 Å². The molecule has 2 amide bonds. The lowest BCUT2D eigenvalue weighted by atomic mass is 10.0. The van der Waals surface area contributed by atoms with Crippen LogP contribution in [0, 0.1) is 13.8 Å². The van der Waals surface area contributed by atoms with Gasteiger partial charge in [-0.25, -0.2) is 4.98 Å². The second kappa shape index (κ2) is 8.31. The summed E-state index contributed by atoms with van der Waals surface area (Å²) >= 11 is 1.32. The Balaban J connectivity index is 1.60. The maximum atomic E-state index is 12.3. The van der Waals surface area contributed by atoms with Crippen molar-refractivity contribution in [1.82, 2.24) is 4.98 Å². The van der Waals surface area contributed by atoms with Gasteiger partial charge in [-0.3, -0.25) is 14.4 Å². The van der Waals surface area contributed by atoms with Gasteiger partial charge >= 0.3 is 0 Å². The summed E-state index contributed by atoms with van der Waals surface area (Å²) in [5, 5.41) is 5.94. The summed E-state index contributed by atoms with van der Waals surface area (Å²) in [4.78, 5) is 40.0. The third-order valence-electron chi connectivity index (χ3n) is 4.36. The number of fused-ring (bicyclic) bond motifs is 1. The van der Waals surface area contributed by atoms with Crippen LogP contribution >= 0.6 is 11.3 Å². The molecule has 0 aliphatic rings. The number of anilines is 2. The van der Waals surface area contributed by atoms with Gasteiger partial charge in [0, 0.05) is 31.0 Å². The van der Waals surface area contributed by atoms with Gasteiger partial charge in [-0.2, -0.15) is 0 Å². The molecule has 144 valence electrons. The van der Waals surface area contributed by atoms with E-state index in [9.17, 15) is 14.4 Å². The number of ketones is 1. The number of hydrogen-bond donors (Lipinski definition) is 2. The zero-order valence-electron chi connectivity index (χ0n) is 16.0. The summed E-state index contributed by atoms with van der Waals surface area (Å²) < 4.78 is 0.854. The number of aryl methyl sites for hydroxylation is 2. The molecule has 6 nitrogen and oxygen atoms in total. The van der Waals surface area contributed by atoms with E-state index in [2.05, 4.69) is 15.6 Å². The molecule has 28 heavy (non-hydrogen) atoms. The first-order valence-corrected chi connectivity index (χ1v) is 9.72. The third-order valence-corrected chi connectivity index (χ3v) is 5.30. The van der Waals surface area contributed by atoms with E-state index in [1.807, 2.05) is 32.0 Å². The van der Waals surface area contributed by atoms with E-state index in [1.165, 1.54) is 18.3 Å². The van der Waals surface area contributed by atoms with Gasteiger partial charge in [-0.1, -0.05) is 23.5 Å². The molecule has 0 atom stereocenters. The van der Waals surface area contributed by atoms with Crippen LogP contribution in [0.25, 0.3) is 10.2 Å². The molecule has 1 aromatic heterocycles. The molecule has 0 aliphatic carbocycles. The van der Waals surface area contributed by atoms with Gasteiger partial charge in [0.25, 0.3) is 0 Å². The van der Waals surface area contributed by atoms with E-state index in [4.69, 9.17) is 0 Å². The van der Waals surface area contributed by atoms with Crippen molar-refractivity contribution in [1.29, 1.82) is 0 Å². The van der Waals surface area contributed by atoms with Gasteiger partial charge in [0.2, 0.25) is 11.8 Å². The zero-order valence-corrected chi connectivity index (χ0v) is 16.8. The molecular formula is C21H21N3O3S. The van der Waals surface area contributed by atoms with Crippen molar-refractivity contribution in [3.8, 4) is 0 Å². The molecular weight excluding hydrogens is 374 g/mol. The summed E-state index contributed by atoms with van der Waals surface area (Å²) in [5.41, 5.74) is 4.23. The van der Waals surface area contributed by atoms with Crippen LogP contribution in [0.5, 0.6) is 0 Å². The van der Waals surface area contributed by atoms with Crippen LogP contribution in [0.15, 0.2) is 36.4 Å². The fourth-order valence-electron chi connectivity index (χ4n) is 2.73. The largest absolute Gasteiger partial charge is 0.326 e. The lowest BCUT2D eigenvalue weighted by Crippen LogP contribution is -2.13. The highest BCUT2D eigenvalue weighted by Gasteiger charge is 2.12. The molecule has 0 aliphatic heterocycles. The molecule has 1 heterocycles. The van der Waals surface area contributed by atoms with Crippen LogP contribution in [0.4, 0.5) is 10.8 Å². The topological polar surface area (TPSA) is 88.2 Å². The zero-order chi connectivity index (χ0) is 20.3. The van der Waals surface area contributed by atoms with Crippen LogP contribution < -0.4 is 10.6 Å². The summed E-state index contributed by atoms with van der Waals surface area (Å²) in [5.74, 6) is -0.452. The minimum absolute atomic E-state index is 0.0532. The van der Waals surface area contributed by atoms with Crippen molar-refractivity contribution in [2.75, 3.05) is 10.6 Å². The number of nitrogens with one attached hydrogen (secondary N) is 2. The van der Waals surface area contributed by atoms with Gasteiger partial charge in [0.15, 0.2) is 10.9 Å². The first kappa shape index (κ1) is 19.7. The molecule has 7 heteroatoms. The van der Waals surface area contributed by atoms with Crippen LogP contribution in [-0.2, 0) is 9.59 Å². The maximum absolute atomic E-state index is 12.3. The highest BCUT2D eigenvalue weighted by atomic mass is 32.1. The Bertz CT molecular complexity index is 1070. The smallest absolute Gasteiger partial charge is 0.226 e. The fraction of sp³-hybridized carbons (Fsp3) is 0.238. The molecule has 3 rings (SSSR count). The average Bonchev–Trinajstić information content (AvgIpc) is 3.02. The van der Waals surface area contributed by atoms with E-state index in [-0.39, 0.29) is 30.4 Å². The van der Waals surface area contributed by atoms with Gasteiger partial charge in [0.05, 0.1) is 10.2 Å². The SMILES string of the molecule is CC(=O)Nc1ccc2nc(NC(=O)CCC(=O)c3ccc(C)c(C)c3)sc2c1. The summed E-state index contributed by atoms with van der Waals surface area (Å²) in [6.45, 7) is 5.40. The third kappa shape index (κ3) is 4.80. The van der Waals surface area contributed by atoms with Gasteiger partial charge in [-0.15, -0.1) is 0 Å². The minimum atomic E-state index is -0.252. The number of rotatable bonds is 6. The quantitative estimate of drug-likeness (QED) is 0.603. The minimum Gasteiger partial charge on any atom is -0.326 e. The van der Waals surface area contributed by atoms with Crippen molar-refractivity contribution < 1.29 is 14.4 Å². The second-order valence-electron chi connectivity index (χ2n) is 6.65. The van der Waals surface area contributed by atoms with Crippen molar-refractivity contribution in [2.24, 2.45) is 0 Å². The molecule has 2 N–H and O–H groups in total. The number of amides is 2. The molecule has 2 aromatic carbocycles. The number of nitrogens with zero attached hydrogens (tertiary/aromatic N) is 1. The maximum Gasteiger partial charge on any atom is 0.226 e. The van der Waals surface area contributed by atoms with Crippen molar-refractivity contribution in [3.05, 3.63) is 53.1 Å². The molecule has 3 aromatic rings. The monoisotopic (exact) mass is 395 g/mol. The van der Waals surface area contributed by atoms with E-state index in [0.29, 0.717) is 16.4 Å². The van der Waals surface area contributed by atoms with Crippen molar-refractivity contribution in [3.63, 3.8) is 0 Å². The van der Waals surface area contributed by atoms with E-state index < -0.39 is 0 Å².